The average molecular weight is 547 g/mol. The minimum absolute atomic E-state index is 0.00612. The number of anilines is 1. The van der Waals surface area contributed by atoms with Crippen LogP contribution in [0.1, 0.15) is 50.9 Å². The number of nitrogens with two attached hydrogens (primary N) is 1. The summed E-state index contributed by atoms with van der Waals surface area (Å²) in [6, 6.07) is 8.78. The van der Waals surface area contributed by atoms with Crippen molar-refractivity contribution in [2.24, 2.45) is 5.73 Å². The van der Waals surface area contributed by atoms with E-state index in [4.69, 9.17) is 10.2 Å². The summed E-state index contributed by atoms with van der Waals surface area (Å²) >= 11 is 0.628. The van der Waals surface area contributed by atoms with Crippen LogP contribution < -0.4 is 11.1 Å². The summed E-state index contributed by atoms with van der Waals surface area (Å²) in [6.45, 7) is 2.41. The molecule has 0 atom stereocenters. The summed E-state index contributed by atoms with van der Waals surface area (Å²) in [5, 5.41) is 2.68. The summed E-state index contributed by atoms with van der Waals surface area (Å²) < 4.78 is 60.2. The van der Waals surface area contributed by atoms with Crippen molar-refractivity contribution < 1.29 is 31.6 Å². The molecule has 0 bridgehead atoms. The molecule has 1 fully saturated rings. The number of carbonyl (C=O) groups excluding carboxylic acids is 2. The van der Waals surface area contributed by atoms with Gasteiger partial charge in [-0.3, -0.25) is 14.5 Å². The Morgan fingerprint density at radius 3 is 2.45 bits per heavy atom. The molecule has 3 aromatic heterocycles. The number of nitrogens with zero attached hydrogens (tertiary/aromatic N) is 2. The standard InChI is InChI=1S/C26H22F4N4O3S/c27-15-6-4-14(5-7-15)17-12-19(26(28,29)30)32-25-20(17)21(22(38-25)23(31)35)33-24(36)18-9-8-16(37-18)13-34-10-2-1-3-11-34/h4-9,12H,1-3,10-11,13H2,(H2,31,35)(H,33,36). The third kappa shape index (κ3) is 5.27. The molecule has 0 unspecified atom stereocenters. The quantitative estimate of drug-likeness (QED) is 0.287. The maximum atomic E-state index is 13.6. The molecule has 0 aliphatic carbocycles. The maximum absolute atomic E-state index is 13.6. The van der Waals surface area contributed by atoms with E-state index in [1.165, 1.54) is 24.6 Å². The van der Waals surface area contributed by atoms with Crippen LogP contribution in [0.4, 0.5) is 23.2 Å². The second-order valence-electron chi connectivity index (χ2n) is 8.97. The number of hydrogen-bond acceptors (Lipinski definition) is 6. The lowest BCUT2D eigenvalue weighted by molar-refractivity contribution is -0.140. The summed E-state index contributed by atoms with van der Waals surface area (Å²) in [5.74, 6) is -1.68. The summed E-state index contributed by atoms with van der Waals surface area (Å²) in [4.78, 5) is 31.0. The number of aromatic nitrogens is 1. The van der Waals surface area contributed by atoms with Crippen molar-refractivity contribution >= 4 is 39.1 Å². The van der Waals surface area contributed by atoms with E-state index < -0.39 is 29.5 Å². The highest BCUT2D eigenvalue weighted by Gasteiger charge is 2.35. The Hall–Kier alpha value is -3.77. The number of halogens is 4. The topological polar surface area (TPSA) is 101 Å². The van der Waals surface area contributed by atoms with Gasteiger partial charge in [-0.2, -0.15) is 13.2 Å². The molecule has 1 aliphatic heterocycles. The number of furan rings is 1. The first-order valence-corrected chi connectivity index (χ1v) is 12.6. The van der Waals surface area contributed by atoms with E-state index in [0.29, 0.717) is 23.6 Å². The third-order valence-corrected chi connectivity index (χ3v) is 7.38. The van der Waals surface area contributed by atoms with Crippen LogP contribution in [-0.4, -0.2) is 34.8 Å². The number of hydrogen-bond donors (Lipinski definition) is 2. The summed E-state index contributed by atoms with van der Waals surface area (Å²) in [6.07, 6.45) is -1.42. The monoisotopic (exact) mass is 546 g/mol. The minimum Gasteiger partial charge on any atom is -0.455 e. The molecule has 1 saturated heterocycles. The highest BCUT2D eigenvalue weighted by atomic mass is 32.1. The van der Waals surface area contributed by atoms with Crippen LogP contribution >= 0.6 is 11.3 Å². The van der Waals surface area contributed by atoms with Crippen molar-refractivity contribution in [2.45, 2.75) is 32.0 Å². The van der Waals surface area contributed by atoms with Crippen LogP contribution in [0.3, 0.4) is 0 Å². The Balaban J connectivity index is 1.56. The highest BCUT2D eigenvalue weighted by molar-refractivity contribution is 7.21. The second kappa shape index (κ2) is 10.2. The van der Waals surface area contributed by atoms with Crippen molar-refractivity contribution in [1.82, 2.24) is 9.88 Å². The molecule has 0 spiro atoms. The fraction of sp³-hybridized carbons (Fsp3) is 0.269. The number of likely N-dealkylation sites (tertiary alicyclic amines) is 1. The highest BCUT2D eigenvalue weighted by Crippen LogP contribution is 2.43. The molecule has 7 nitrogen and oxygen atoms in total. The number of rotatable bonds is 6. The van der Waals surface area contributed by atoms with Crippen LogP contribution in [0.5, 0.6) is 0 Å². The van der Waals surface area contributed by atoms with Gasteiger partial charge < -0.3 is 15.5 Å². The van der Waals surface area contributed by atoms with Gasteiger partial charge in [0.25, 0.3) is 11.8 Å². The van der Waals surface area contributed by atoms with Gasteiger partial charge in [0, 0.05) is 5.39 Å². The Labute approximate surface area is 218 Å². The molecule has 38 heavy (non-hydrogen) atoms. The molecule has 5 rings (SSSR count). The van der Waals surface area contributed by atoms with Crippen molar-refractivity contribution in [3.05, 3.63) is 70.4 Å². The smallest absolute Gasteiger partial charge is 0.433 e. The Kier molecular flexibility index (Phi) is 6.93. The molecule has 0 radical (unpaired) electrons. The lowest BCUT2D eigenvalue weighted by Gasteiger charge is -2.25. The zero-order chi connectivity index (χ0) is 27.0. The fourth-order valence-electron chi connectivity index (χ4n) is 4.49. The number of piperidine rings is 1. The number of amides is 2. The molecule has 4 heterocycles. The van der Waals surface area contributed by atoms with E-state index in [9.17, 15) is 27.2 Å². The summed E-state index contributed by atoms with van der Waals surface area (Å²) in [5.41, 5.74) is 4.48. The number of thiophene rings is 1. The van der Waals surface area contributed by atoms with E-state index in [0.717, 1.165) is 44.1 Å². The van der Waals surface area contributed by atoms with Gasteiger partial charge in [-0.25, -0.2) is 9.37 Å². The molecular weight excluding hydrogens is 524 g/mol. The van der Waals surface area contributed by atoms with Crippen molar-refractivity contribution in [2.75, 3.05) is 18.4 Å². The van der Waals surface area contributed by atoms with Gasteiger partial charge >= 0.3 is 6.18 Å². The Bertz CT molecular complexity index is 1510. The van der Waals surface area contributed by atoms with Gasteiger partial charge in [-0.15, -0.1) is 11.3 Å². The first kappa shape index (κ1) is 25.9. The molecule has 0 saturated carbocycles. The summed E-state index contributed by atoms with van der Waals surface area (Å²) in [7, 11) is 0. The number of primary amides is 1. The second-order valence-corrected chi connectivity index (χ2v) is 9.97. The van der Waals surface area contributed by atoms with Crippen LogP contribution in [0.2, 0.25) is 0 Å². The molecular formula is C26H22F4N4O3S. The zero-order valence-electron chi connectivity index (χ0n) is 19.9. The molecule has 3 N–H and O–H groups in total. The van der Waals surface area contributed by atoms with Gasteiger partial charge in [-0.05, 0) is 67.4 Å². The molecule has 4 aromatic rings. The van der Waals surface area contributed by atoms with Gasteiger partial charge in [0.05, 0.1) is 12.2 Å². The molecule has 1 aliphatic rings. The SMILES string of the molecule is NC(=O)c1sc2nc(C(F)(F)F)cc(-c3ccc(F)cc3)c2c1NC(=O)c1ccc(CN2CCCCC2)o1. The predicted octanol–water partition coefficient (Wildman–Crippen LogP) is 6.05. The van der Waals surface area contributed by atoms with Crippen molar-refractivity contribution in [3.8, 4) is 11.1 Å². The van der Waals surface area contributed by atoms with Gasteiger partial charge in [-0.1, -0.05) is 18.6 Å². The number of pyridine rings is 1. The molecule has 12 heteroatoms. The van der Waals surface area contributed by atoms with Gasteiger partial charge in [0.2, 0.25) is 0 Å². The molecule has 1 aromatic carbocycles. The van der Waals surface area contributed by atoms with Crippen LogP contribution in [0.15, 0.2) is 46.9 Å². The normalized spacial score (nSPS) is 14.6. The lowest BCUT2D eigenvalue weighted by atomic mass is 10.0. The number of fused-ring (bicyclic) bond motifs is 1. The Morgan fingerprint density at radius 1 is 1.08 bits per heavy atom. The van der Waals surface area contributed by atoms with E-state index in [1.54, 1.807) is 6.07 Å². The lowest BCUT2D eigenvalue weighted by Crippen LogP contribution is -2.28. The van der Waals surface area contributed by atoms with Gasteiger partial charge in [0.1, 0.15) is 27.0 Å². The number of carbonyl (C=O) groups is 2. The first-order valence-electron chi connectivity index (χ1n) is 11.8. The fourth-order valence-corrected chi connectivity index (χ4v) is 5.50. The van der Waals surface area contributed by atoms with E-state index >= 15 is 0 Å². The van der Waals surface area contributed by atoms with E-state index in [2.05, 4.69) is 15.2 Å². The van der Waals surface area contributed by atoms with Crippen LogP contribution in [0, 0.1) is 5.82 Å². The number of alkyl halides is 3. The average Bonchev–Trinajstić information content (AvgIpc) is 3.49. The molecule has 2 amide bonds. The largest absolute Gasteiger partial charge is 0.455 e. The third-order valence-electron chi connectivity index (χ3n) is 6.28. The van der Waals surface area contributed by atoms with Crippen molar-refractivity contribution in [3.63, 3.8) is 0 Å². The number of benzene rings is 1. The predicted molar refractivity (Wildman–Crippen MR) is 134 cm³/mol. The van der Waals surface area contributed by atoms with E-state index in [-0.39, 0.29) is 37.7 Å². The molecule has 198 valence electrons. The zero-order valence-corrected chi connectivity index (χ0v) is 20.7. The Morgan fingerprint density at radius 2 is 1.79 bits per heavy atom. The van der Waals surface area contributed by atoms with Crippen LogP contribution in [0.25, 0.3) is 21.3 Å². The first-order chi connectivity index (χ1) is 18.1. The number of nitrogens with one attached hydrogen (secondary N) is 1. The minimum atomic E-state index is -4.79. The van der Waals surface area contributed by atoms with Gasteiger partial charge in [0.15, 0.2) is 5.76 Å². The van der Waals surface area contributed by atoms with Crippen molar-refractivity contribution in [1.29, 1.82) is 0 Å². The maximum Gasteiger partial charge on any atom is 0.433 e. The van der Waals surface area contributed by atoms with Crippen LogP contribution in [-0.2, 0) is 12.7 Å². The van der Waals surface area contributed by atoms with E-state index in [1.807, 2.05) is 0 Å².